The molecule has 102 valence electrons. The summed E-state index contributed by atoms with van der Waals surface area (Å²) in [7, 11) is 0. The molecular formula is C13H19ClO4. The number of fused-ring (bicyclic) bond motifs is 2. The Balaban J connectivity index is 2.25. The van der Waals surface area contributed by atoms with Crippen LogP contribution >= 0.6 is 11.6 Å². The number of ether oxygens (including phenoxy) is 2. The molecule has 5 heteroatoms. The van der Waals surface area contributed by atoms with Gasteiger partial charge in [0.05, 0.1) is 13.2 Å². The second-order valence-corrected chi connectivity index (χ2v) is 5.62. The lowest BCUT2D eigenvalue weighted by molar-refractivity contribution is -0.176. The fraction of sp³-hybridized carbons (Fsp3) is 0.846. The zero-order valence-electron chi connectivity index (χ0n) is 10.8. The fourth-order valence-electron chi connectivity index (χ4n) is 3.37. The minimum Gasteiger partial charge on any atom is -0.465 e. The molecule has 2 rings (SSSR count). The predicted octanol–water partition coefficient (Wildman–Crippen LogP) is 2.14. The van der Waals surface area contributed by atoms with Crippen molar-refractivity contribution >= 4 is 23.5 Å². The van der Waals surface area contributed by atoms with Crippen LogP contribution in [0.15, 0.2) is 0 Å². The molecule has 2 saturated carbocycles. The van der Waals surface area contributed by atoms with E-state index in [0.29, 0.717) is 12.8 Å². The average molecular weight is 275 g/mol. The van der Waals surface area contributed by atoms with Crippen molar-refractivity contribution in [3.8, 4) is 0 Å². The standard InChI is InChI=1S/C13H19ClO4/c1-3-17-11(15)13(12(16)18-4-2)7-8-5-9(13)6-10(8)14/h8-10H,3-7H2,1-2H3. The molecule has 0 N–H and O–H groups in total. The lowest BCUT2D eigenvalue weighted by Gasteiger charge is -2.34. The van der Waals surface area contributed by atoms with E-state index in [-0.39, 0.29) is 30.4 Å². The first-order valence-electron chi connectivity index (χ1n) is 6.54. The summed E-state index contributed by atoms with van der Waals surface area (Å²) in [6.07, 6.45) is 2.00. The molecular weight excluding hydrogens is 256 g/mol. The van der Waals surface area contributed by atoms with E-state index in [1.165, 1.54) is 0 Å². The summed E-state index contributed by atoms with van der Waals surface area (Å²) in [6.45, 7) is 4.05. The van der Waals surface area contributed by atoms with Gasteiger partial charge in [0.1, 0.15) is 0 Å². The van der Waals surface area contributed by atoms with E-state index in [1.54, 1.807) is 13.8 Å². The summed E-state index contributed by atoms with van der Waals surface area (Å²) in [6, 6.07) is 0. The highest BCUT2D eigenvalue weighted by Gasteiger charge is 2.64. The van der Waals surface area contributed by atoms with Gasteiger partial charge in [-0.1, -0.05) is 0 Å². The highest BCUT2D eigenvalue weighted by atomic mass is 35.5. The van der Waals surface area contributed by atoms with Crippen molar-refractivity contribution in [1.82, 2.24) is 0 Å². The van der Waals surface area contributed by atoms with E-state index >= 15 is 0 Å². The van der Waals surface area contributed by atoms with E-state index in [1.807, 2.05) is 0 Å². The fourth-order valence-corrected chi connectivity index (χ4v) is 3.78. The highest BCUT2D eigenvalue weighted by Crippen LogP contribution is 2.58. The maximum atomic E-state index is 12.2. The first-order valence-corrected chi connectivity index (χ1v) is 6.98. The SMILES string of the molecule is CCOC(=O)C1(C(=O)OCC)CC2CC1CC2Cl. The number of halogens is 1. The van der Waals surface area contributed by atoms with Crippen LogP contribution in [0.25, 0.3) is 0 Å². The van der Waals surface area contributed by atoms with Crippen LogP contribution < -0.4 is 0 Å². The summed E-state index contributed by atoms with van der Waals surface area (Å²) in [4.78, 5) is 24.4. The normalized spacial score (nSPS) is 32.3. The van der Waals surface area contributed by atoms with Crippen molar-refractivity contribution in [3.63, 3.8) is 0 Å². The third-order valence-corrected chi connectivity index (χ3v) is 4.70. The van der Waals surface area contributed by atoms with Gasteiger partial charge in [0.2, 0.25) is 0 Å². The van der Waals surface area contributed by atoms with Gasteiger partial charge in [-0.15, -0.1) is 11.6 Å². The van der Waals surface area contributed by atoms with E-state index < -0.39 is 17.4 Å². The Morgan fingerprint density at radius 3 is 2.06 bits per heavy atom. The van der Waals surface area contributed by atoms with Crippen LogP contribution in [0.2, 0.25) is 0 Å². The number of hydrogen-bond acceptors (Lipinski definition) is 4. The predicted molar refractivity (Wildman–Crippen MR) is 66.2 cm³/mol. The van der Waals surface area contributed by atoms with Crippen LogP contribution in [0, 0.1) is 17.3 Å². The average Bonchev–Trinajstić information content (AvgIpc) is 2.86. The number of alkyl halides is 1. The lowest BCUT2D eigenvalue weighted by Crippen LogP contribution is -2.47. The quantitative estimate of drug-likeness (QED) is 0.448. The van der Waals surface area contributed by atoms with Crippen LogP contribution in [-0.4, -0.2) is 30.5 Å². The number of hydrogen-bond donors (Lipinski definition) is 0. The molecule has 0 saturated heterocycles. The minimum absolute atomic E-state index is 0.0249. The molecule has 0 spiro atoms. The summed E-state index contributed by atoms with van der Waals surface area (Å²) < 4.78 is 10.2. The first-order chi connectivity index (χ1) is 8.56. The Hall–Kier alpha value is -0.770. The van der Waals surface area contributed by atoms with Gasteiger partial charge in [-0.25, -0.2) is 0 Å². The third kappa shape index (κ3) is 1.91. The van der Waals surface area contributed by atoms with Crippen LogP contribution in [0.4, 0.5) is 0 Å². The largest absolute Gasteiger partial charge is 0.465 e. The van der Waals surface area contributed by atoms with Crippen LogP contribution in [-0.2, 0) is 19.1 Å². The van der Waals surface area contributed by atoms with Crippen LogP contribution in [0.3, 0.4) is 0 Å². The van der Waals surface area contributed by atoms with E-state index in [4.69, 9.17) is 21.1 Å². The molecule has 4 nitrogen and oxygen atoms in total. The zero-order chi connectivity index (χ0) is 13.3. The second-order valence-electron chi connectivity index (χ2n) is 5.06. The smallest absolute Gasteiger partial charge is 0.323 e. The summed E-state index contributed by atoms with van der Waals surface area (Å²) in [5.41, 5.74) is -1.10. The molecule has 2 aliphatic carbocycles. The molecule has 0 aromatic carbocycles. The number of carbonyl (C=O) groups is 2. The Kier molecular flexibility index (Phi) is 3.85. The van der Waals surface area contributed by atoms with Gasteiger partial charge in [0.15, 0.2) is 5.41 Å². The van der Waals surface area contributed by atoms with Gasteiger partial charge in [0, 0.05) is 5.38 Å². The molecule has 2 aliphatic rings. The van der Waals surface area contributed by atoms with E-state index in [2.05, 4.69) is 0 Å². The molecule has 0 aromatic rings. The summed E-state index contributed by atoms with van der Waals surface area (Å²) >= 11 is 6.20. The van der Waals surface area contributed by atoms with Crippen molar-refractivity contribution < 1.29 is 19.1 Å². The van der Waals surface area contributed by atoms with Crippen molar-refractivity contribution in [3.05, 3.63) is 0 Å². The lowest BCUT2D eigenvalue weighted by atomic mass is 9.73. The number of esters is 2. The topological polar surface area (TPSA) is 52.6 Å². The molecule has 0 heterocycles. The van der Waals surface area contributed by atoms with Gasteiger partial charge < -0.3 is 9.47 Å². The number of rotatable bonds is 4. The van der Waals surface area contributed by atoms with Crippen LogP contribution in [0.5, 0.6) is 0 Å². The van der Waals surface area contributed by atoms with Crippen molar-refractivity contribution in [1.29, 1.82) is 0 Å². The van der Waals surface area contributed by atoms with E-state index in [9.17, 15) is 9.59 Å². The molecule has 2 bridgehead atoms. The Bertz CT molecular complexity index is 335. The van der Waals surface area contributed by atoms with Crippen LogP contribution in [0.1, 0.15) is 33.1 Å². The minimum atomic E-state index is -1.10. The maximum Gasteiger partial charge on any atom is 0.323 e. The Labute approximate surface area is 112 Å². The van der Waals surface area contributed by atoms with Crippen molar-refractivity contribution in [2.45, 2.75) is 38.5 Å². The summed E-state index contributed by atoms with van der Waals surface area (Å²) in [5, 5.41) is 0.0759. The highest BCUT2D eigenvalue weighted by molar-refractivity contribution is 6.21. The third-order valence-electron chi connectivity index (χ3n) is 4.17. The van der Waals surface area contributed by atoms with Gasteiger partial charge >= 0.3 is 11.9 Å². The molecule has 18 heavy (non-hydrogen) atoms. The Morgan fingerprint density at radius 2 is 1.72 bits per heavy atom. The molecule has 0 aromatic heterocycles. The molecule has 0 aliphatic heterocycles. The van der Waals surface area contributed by atoms with E-state index in [0.717, 1.165) is 6.42 Å². The first kappa shape index (κ1) is 13.7. The summed E-state index contributed by atoms with van der Waals surface area (Å²) in [5.74, 6) is -0.660. The molecule has 2 fully saturated rings. The van der Waals surface area contributed by atoms with Gasteiger partial charge in [-0.2, -0.15) is 0 Å². The molecule has 3 unspecified atom stereocenters. The number of carbonyl (C=O) groups excluding carboxylic acids is 2. The molecule has 3 atom stereocenters. The zero-order valence-corrected chi connectivity index (χ0v) is 11.5. The van der Waals surface area contributed by atoms with Crippen molar-refractivity contribution in [2.75, 3.05) is 13.2 Å². The monoisotopic (exact) mass is 274 g/mol. The second kappa shape index (κ2) is 5.08. The van der Waals surface area contributed by atoms with Gasteiger partial charge in [-0.3, -0.25) is 9.59 Å². The molecule has 0 amide bonds. The maximum absolute atomic E-state index is 12.2. The molecule has 0 radical (unpaired) electrons. The van der Waals surface area contributed by atoms with Gasteiger partial charge in [0.25, 0.3) is 0 Å². The van der Waals surface area contributed by atoms with Gasteiger partial charge in [-0.05, 0) is 44.9 Å². The van der Waals surface area contributed by atoms with Crippen molar-refractivity contribution in [2.24, 2.45) is 17.3 Å². The Morgan fingerprint density at radius 1 is 1.17 bits per heavy atom.